The van der Waals surface area contributed by atoms with E-state index in [1.807, 2.05) is 33.0 Å². The van der Waals surface area contributed by atoms with Gasteiger partial charge < -0.3 is 15.4 Å². The zero-order chi connectivity index (χ0) is 18.0. The number of aromatic nitrogens is 1. The van der Waals surface area contributed by atoms with E-state index >= 15 is 0 Å². The van der Waals surface area contributed by atoms with Gasteiger partial charge in [0.1, 0.15) is 10.2 Å². The lowest BCUT2D eigenvalue weighted by Crippen LogP contribution is -2.44. The molecule has 25 heavy (non-hydrogen) atoms. The van der Waals surface area contributed by atoms with Crippen LogP contribution in [0.1, 0.15) is 64.4 Å². The number of alkyl carbamates (subject to hydrolysis) is 1. The number of amides is 1. The summed E-state index contributed by atoms with van der Waals surface area (Å²) >= 11 is 3.38. The maximum Gasteiger partial charge on any atom is 0.407 e. The largest absolute Gasteiger partial charge is 0.444 e. The Kier molecular flexibility index (Phi) is 5.68. The molecule has 1 heterocycles. The molecule has 2 aliphatic rings. The summed E-state index contributed by atoms with van der Waals surface area (Å²) in [6.07, 6.45) is 7.08. The van der Waals surface area contributed by atoms with Crippen LogP contribution in [0.15, 0.2) is 22.9 Å². The van der Waals surface area contributed by atoms with Crippen LogP contribution in [0.4, 0.5) is 4.79 Å². The van der Waals surface area contributed by atoms with Gasteiger partial charge in [0.15, 0.2) is 0 Å². The first-order valence-corrected chi connectivity index (χ1v) is 9.96. The highest BCUT2D eigenvalue weighted by molar-refractivity contribution is 9.10. The van der Waals surface area contributed by atoms with E-state index in [1.54, 1.807) is 0 Å². The third kappa shape index (κ3) is 5.68. The van der Waals surface area contributed by atoms with Gasteiger partial charge in [0, 0.05) is 30.2 Å². The molecule has 2 N–H and O–H groups in total. The molecule has 0 bridgehead atoms. The topological polar surface area (TPSA) is 63.2 Å². The molecule has 6 heteroatoms. The van der Waals surface area contributed by atoms with Gasteiger partial charge in [-0.25, -0.2) is 9.78 Å². The average Bonchev–Trinajstić information content (AvgIpc) is 3.27. The summed E-state index contributed by atoms with van der Waals surface area (Å²) in [4.78, 5) is 16.2. The van der Waals surface area contributed by atoms with E-state index in [1.165, 1.54) is 12.0 Å². The van der Waals surface area contributed by atoms with Gasteiger partial charge in [-0.15, -0.1) is 0 Å². The van der Waals surface area contributed by atoms with Crippen molar-refractivity contribution in [3.63, 3.8) is 0 Å². The number of carbonyl (C=O) groups is 1. The quantitative estimate of drug-likeness (QED) is 0.733. The second-order valence-corrected chi connectivity index (χ2v) is 9.04. The molecule has 138 valence electrons. The molecule has 0 spiro atoms. The van der Waals surface area contributed by atoms with E-state index in [9.17, 15) is 4.79 Å². The van der Waals surface area contributed by atoms with Crippen molar-refractivity contribution in [1.29, 1.82) is 0 Å². The summed E-state index contributed by atoms with van der Waals surface area (Å²) < 4.78 is 6.22. The number of pyridine rings is 1. The van der Waals surface area contributed by atoms with Gasteiger partial charge in [-0.1, -0.05) is 6.07 Å². The molecular formula is C19H28BrN3O2. The number of rotatable bonds is 4. The molecule has 2 atom stereocenters. The molecule has 3 rings (SSSR count). The average molecular weight is 410 g/mol. The molecule has 2 saturated carbocycles. The summed E-state index contributed by atoms with van der Waals surface area (Å²) in [6, 6.07) is 5.53. The zero-order valence-corrected chi connectivity index (χ0v) is 16.8. The number of halogens is 1. The van der Waals surface area contributed by atoms with Crippen LogP contribution in [0, 0.1) is 0 Å². The Labute approximate surface area is 158 Å². The summed E-state index contributed by atoms with van der Waals surface area (Å²) in [5.41, 5.74) is 0.882. The van der Waals surface area contributed by atoms with Crippen molar-refractivity contribution in [2.45, 2.75) is 82.5 Å². The Bertz CT molecular complexity index is 592. The summed E-state index contributed by atoms with van der Waals surface area (Å²) in [7, 11) is 0. The van der Waals surface area contributed by atoms with Crippen LogP contribution >= 0.6 is 15.9 Å². The van der Waals surface area contributed by atoms with Crippen molar-refractivity contribution in [2.24, 2.45) is 0 Å². The predicted molar refractivity (Wildman–Crippen MR) is 102 cm³/mol. The molecule has 2 aliphatic carbocycles. The molecule has 0 saturated heterocycles. The Hall–Kier alpha value is -1.14. The van der Waals surface area contributed by atoms with Gasteiger partial charge in [-0.3, -0.25) is 0 Å². The first kappa shape index (κ1) is 18.6. The molecule has 1 aromatic rings. The summed E-state index contributed by atoms with van der Waals surface area (Å²) in [5.74, 6) is 0.596. The van der Waals surface area contributed by atoms with Crippen LogP contribution in [0.25, 0.3) is 0 Å². The van der Waals surface area contributed by atoms with Crippen LogP contribution in [-0.4, -0.2) is 34.8 Å². The van der Waals surface area contributed by atoms with E-state index in [0.29, 0.717) is 18.0 Å². The van der Waals surface area contributed by atoms with E-state index in [2.05, 4.69) is 37.6 Å². The molecular weight excluding hydrogens is 382 g/mol. The standard InChI is InChI=1S/C19H28BrN3O2/c1-19(2,3)25-18(24)23-14-7-5-13(6-8-14)22-16-10-15(16)12-4-9-17(20)21-11-12/h4,9,11,13-16,22H,5-8,10H2,1-3H3,(H,23,24)/t13?,14?,15-,16+/m0/s1. The lowest BCUT2D eigenvalue weighted by atomic mass is 9.91. The molecule has 2 fully saturated rings. The van der Waals surface area contributed by atoms with Crippen molar-refractivity contribution < 1.29 is 9.53 Å². The van der Waals surface area contributed by atoms with Gasteiger partial charge in [0.05, 0.1) is 0 Å². The van der Waals surface area contributed by atoms with E-state index in [-0.39, 0.29) is 12.1 Å². The molecule has 0 aromatic carbocycles. The second-order valence-electron chi connectivity index (χ2n) is 8.22. The SMILES string of the molecule is CC(C)(C)OC(=O)NC1CCC(N[C@@H]2C[C@H]2c2ccc(Br)nc2)CC1. The van der Waals surface area contributed by atoms with Gasteiger partial charge >= 0.3 is 6.09 Å². The van der Waals surface area contributed by atoms with Gasteiger partial charge in [-0.05, 0) is 80.4 Å². The highest BCUT2D eigenvalue weighted by atomic mass is 79.9. The van der Waals surface area contributed by atoms with Crippen molar-refractivity contribution in [1.82, 2.24) is 15.6 Å². The number of nitrogens with one attached hydrogen (secondary N) is 2. The van der Waals surface area contributed by atoms with Crippen LogP contribution in [0.5, 0.6) is 0 Å². The molecule has 0 radical (unpaired) electrons. The molecule has 0 unspecified atom stereocenters. The smallest absolute Gasteiger partial charge is 0.407 e. The number of carbonyl (C=O) groups excluding carboxylic acids is 1. The zero-order valence-electron chi connectivity index (χ0n) is 15.2. The van der Waals surface area contributed by atoms with Crippen LogP contribution < -0.4 is 10.6 Å². The maximum absolute atomic E-state index is 11.9. The number of nitrogens with zero attached hydrogens (tertiary/aromatic N) is 1. The molecule has 0 aliphatic heterocycles. The minimum atomic E-state index is -0.439. The first-order valence-electron chi connectivity index (χ1n) is 9.17. The summed E-state index contributed by atoms with van der Waals surface area (Å²) in [5, 5.41) is 6.79. The van der Waals surface area contributed by atoms with Gasteiger partial charge in [0.2, 0.25) is 0 Å². The van der Waals surface area contributed by atoms with Crippen molar-refractivity contribution in [3.8, 4) is 0 Å². The van der Waals surface area contributed by atoms with Crippen molar-refractivity contribution in [3.05, 3.63) is 28.5 Å². The van der Waals surface area contributed by atoms with Crippen molar-refractivity contribution in [2.75, 3.05) is 0 Å². The Morgan fingerprint density at radius 3 is 2.48 bits per heavy atom. The molecule has 5 nitrogen and oxygen atoms in total. The van der Waals surface area contributed by atoms with Gasteiger partial charge in [-0.2, -0.15) is 0 Å². The van der Waals surface area contributed by atoms with Crippen LogP contribution in [0.3, 0.4) is 0 Å². The van der Waals surface area contributed by atoms with E-state index in [0.717, 1.165) is 30.3 Å². The van der Waals surface area contributed by atoms with Crippen LogP contribution in [-0.2, 0) is 4.74 Å². The monoisotopic (exact) mass is 409 g/mol. The Balaban J connectivity index is 1.37. The lowest BCUT2D eigenvalue weighted by Gasteiger charge is -2.30. The Morgan fingerprint density at radius 2 is 1.88 bits per heavy atom. The minimum absolute atomic E-state index is 0.235. The second kappa shape index (κ2) is 7.62. The number of ether oxygens (including phenoxy) is 1. The highest BCUT2D eigenvalue weighted by Crippen LogP contribution is 2.41. The fourth-order valence-corrected chi connectivity index (χ4v) is 3.77. The van der Waals surface area contributed by atoms with Gasteiger partial charge in [0.25, 0.3) is 0 Å². The molecule has 1 amide bonds. The fraction of sp³-hybridized carbons (Fsp3) is 0.684. The highest BCUT2D eigenvalue weighted by Gasteiger charge is 2.40. The third-order valence-electron chi connectivity index (χ3n) is 4.87. The van der Waals surface area contributed by atoms with E-state index in [4.69, 9.17) is 4.74 Å². The fourth-order valence-electron chi connectivity index (χ4n) is 3.54. The number of hydrogen-bond donors (Lipinski definition) is 2. The van der Waals surface area contributed by atoms with Crippen LogP contribution in [0.2, 0.25) is 0 Å². The maximum atomic E-state index is 11.9. The molecule has 1 aromatic heterocycles. The Morgan fingerprint density at radius 1 is 1.20 bits per heavy atom. The lowest BCUT2D eigenvalue weighted by molar-refractivity contribution is 0.0489. The number of hydrogen-bond acceptors (Lipinski definition) is 4. The third-order valence-corrected chi connectivity index (χ3v) is 5.34. The predicted octanol–water partition coefficient (Wildman–Crippen LogP) is 4.13. The normalized spacial score (nSPS) is 29.1. The minimum Gasteiger partial charge on any atom is -0.444 e. The van der Waals surface area contributed by atoms with Crippen molar-refractivity contribution >= 4 is 22.0 Å². The van der Waals surface area contributed by atoms with E-state index < -0.39 is 5.60 Å². The first-order chi connectivity index (χ1) is 11.8. The summed E-state index contributed by atoms with van der Waals surface area (Å²) in [6.45, 7) is 5.67.